The third-order valence-electron chi connectivity index (χ3n) is 3.16. The number of hydrogen-bond donors (Lipinski definition) is 3. The second-order valence-electron chi connectivity index (χ2n) is 4.84. The Hall–Kier alpha value is -3.03. The van der Waals surface area contributed by atoms with Gasteiger partial charge in [0.15, 0.2) is 0 Å². The van der Waals surface area contributed by atoms with Crippen molar-refractivity contribution < 1.29 is 4.79 Å². The van der Waals surface area contributed by atoms with Crippen LogP contribution >= 0.6 is 0 Å². The van der Waals surface area contributed by atoms with Crippen molar-refractivity contribution in [3.63, 3.8) is 0 Å². The highest BCUT2D eigenvalue weighted by molar-refractivity contribution is 5.82. The van der Waals surface area contributed by atoms with E-state index in [4.69, 9.17) is 0 Å². The molecule has 0 aliphatic heterocycles. The number of H-pyrrole nitrogens is 2. The number of benzene rings is 1. The minimum Gasteiger partial charge on any atom is -0.273 e. The largest absolute Gasteiger partial charge is 0.342 e. The topological polar surface area (TPSA) is 120 Å². The number of carbonyl (C=O) groups excluding carboxylic acids is 1. The summed E-state index contributed by atoms with van der Waals surface area (Å²) in [6, 6.07) is 7.82. The van der Waals surface area contributed by atoms with Gasteiger partial charge in [0.25, 0.3) is 5.56 Å². The van der Waals surface area contributed by atoms with E-state index in [1.165, 1.54) is 5.56 Å². The lowest BCUT2D eigenvalue weighted by atomic mass is 10.1. The van der Waals surface area contributed by atoms with E-state index < -0.39 is 11.2 Å². The monoisotopic (exact) mass is 315 g/mol. The summed E-state index contributed by atoms with van der Waals surface area (Å²) in [6.07, 6.45) is 2.65. The van der Waals surface area contributed by atoms with Crippen LogP contribution in [0.15, 0.2) is 39.0 Å². The number of aryl methyl sites for hydroxylation is 2. The van der Waals surface area contributed by atoms with Gasteiger partial charge in [-0.05, 0) is 17.5 Å². The first kappa shape index (κ1) is 16.3. The van der Waals surface area contributed by atoms with Crippen LogP contribution in [-0.2, 0) is 17.6 Å². The maximum Gasteiger partial charge on any atom is 0.342 e. The molecule has 0 aliphatic carbocycles. The van der Waals surface area contributed by atoms with Crippen LogP contribution in [0, 0.1) is 0 Å². The third-order valence-corrected chi connectivity index (χ3v) is 3.16. The molecule has 0 unspecified atom stereocenters. The summed E-state index contributed by atoms with van der Waals surface area (Å²) < 4.78 is 0. The van der Waals surface area contributed by atoms with E-state index in [2.05, 4.69) is 27.6 Å². The van der Waals surface area contributed by atoms with Gasteiger partial charge in [-0.25, -0.2) is 15.3 Å². The third kappa shape index (κ3) is 5.03. The fraction of sp³-hybridized carbons (Fsp3) is 0.267. The van der Waals surface area contributed by atoms with Crippen molar-refractivity contribution >= 4 is 12.1 Å². The molecule has 1 aromatic carbocycles. The van der Waals surface area contributed by atoms with Crippen LogP contribution in [0.2, 0.25) is 0 Å². The molecule has 0 fully saturated rings. The van der Waals surface area contributed by atoms with Crippen molar-refractivity contribution in [3.05, 3.63) is 61.9 Å². The fourth-order valence-corrected chi connectivity index (χ4v) is 1.85. The van der Waals surface area contributed by atoms with Crippen molar-refractivity contribution in [2.45, 2.75) is 26.2 Å². The van der Waals surface area contributed by atoms with Gasteiger partial charge in [0.2, 0.25) is 5.91 Å². The zero-order valence-electron chi connectivity index (χ0n) is 12.6. The van der Waals surface area contributed by atoms with E-state index in [1.54, 1.807) is 6.21 Å². The Labute approximate surface area is 131 Å². The van der Waals surface area contributed by atoms with Gasteiger partial charge in [0.05, 0.1) is 6.21 Å². The summed E-state index contributed by atoms with van der Waals surface area (Å²) in [5.74, 6) is -0.348. The highest BCUT2D eigenvalue weighted by Crippen LogP contribution is 2.02. The van der Waals surface area contributed by atoms with Crippen LogP contribution in [0.1, 0.15) is 30.2 Å². The summed E-state index contributed by atoms with van der Waals surface area (Å²) in [7, 11) is 0. The molecule has 2 aromatic rings. The predicted molar refractivity (Wildman–Crippen MR) is 85.4 cm³/mol. The molecule has 0 radical (unpaired) electrons. The number of carbonyl (C=O) groups is 1. The molecule has 1 amide bonds. The number of amides is 1. The molecule has 2 rings (SSSR count). The number of aromatic nitrogens is 3. The maximum atomic E-state index is 11.6. The first-order valence-corrected chi connectivity index (χ1v) is 7.17. The Bertz CT molecular complexity index is 805. The Balaban J connectivity index is 1.83. The van der Waals surface area contributed by atoms with Crippen LogP contribution in [-0.4, -0.2) is 27.3 Å². The average molecular weight is 315 g/mol. The smallest absolute Gasteiger partial charge is 0.273 e. The zero-order valence-corrected chi connectivity index (χ0v) is 12.6. The Morgan fingerprint density at radius 2 is 2.04 bits per heavy atom. The molecule has 120 valence electrons. The van der Waals surface area contributed by atoms with Crippen LogP contribution in [0.4, 0.5) is 0 Å². The zero-order chi connectivity index (χ0) is 16.7. The molecule has 8 nitrogen and oxygen atoms in total. The van der Waals surface area contributed by atoms with E-state index in [0.717, 1.165) is 12.0 Å². The normalized spacial score (nSPS) is 10.8. The summed E-state index contributed by atoms with van der Waals surface area (Å²) in [4.78, 5) is 35.9. The van der Waals surface area contributed by atoms with E-state index in [1.807, 2.05) is 29.2 Å². The first-order valence-electron chi connectivity index (χ1n) is 7.17. The molecule has 1 heterocycles. The summed E-state index contributed by atoms with van der Waals surface area (Å²) in [5, 5.41) is 9.57. The second kappa shape index (κ2) is 7.83. The van der Waals surface area contributed by atoms with Crippen LogP contribution in [0.3, 0.4) is 0 Å². The summed E-state index contributed by atoms with van der Waals surface area (Å²) >= 11 is 0. The highest BCUT2D eigenvalue weighted by atomic mass is 16.2. The van der Waals surface area contributed by atoms with E-state index in [0.29, 0.717) is 0 Å². The van der Waals surface area contributed by atoms with Gasteiger partial charge in [-0.15, -0.1) is 0 Å². The van der Waals surface area contributed by atoms with Crippen LogP contribution in [0.5, 0.6) is 0 Å². The van der Waals surface area contributed by atoms with Crippen molar-refractivity contribution in [1.82, 2.24) is 20.6 Å². The fourth-order valence-electron chi connectivity index (χ4n) is 1.85. The van der Waals surface area contributed by atoms with Crippen molar-refractivity contribution in [1.29, 1.82) is 0 Å². The van der Waals surface area contributed by atoms with Gasteiger partial charge in [0.1, 0.15) is 5.69 Å². The van der Waals surface area contributed by atoms with Crippen molar-refractivity contribution in [2.24, 2.45) is 5.10 Å². The number of rotatable bonds is 6. The van der Waals surface area contributed by atoms with Gasteiger partial charge in [-0.1, -0.05) is 31.2 Å². The number of aromatic amines is 2. The molecular weight excluding hydrogens is 298 g/mol. The number of hydrogen-bond acceptors (Lipinski definition) is 5. The standard InChI is InChI=1S/C15H17N5O3/c1-2-10-3-5-11(6-4-10)9-16-19-13(21)8-7-12-14(22)17-15(23)20-18-12/h3-6,9H,2,7-8H2,1H3,(H,19,21)(H2,17,20,22,23). The van der Waals surface area contributed by atoms with Crippen LogP contribution in [0.25, 0.3) is 0 Å². The summed E-state index contributed by atoms with van der Waals surface area (Å²) in [6.45, 7) is 2.08. The number of nitrogens with one attached hydrogen (secondary N) is 3. The molecule has 0 bridgehead atoms. The minimum atomic E-state index is -0.679. The molecular formula is C15H17N5O3. The first-order chi connectivity index (χ1) is 11.1. The number of hydrazone groups is 1. The SMILES string of the molecule is CCc1ccc(C=NNC(=O)CCc2n[nH]c(=O)[nH]c2=O)cc1. The molecule has 0 saturated heterocycles. The van der Waals surface area contributed by atoms with E-state index in [9.17, 15) is 14.4 Å². The molecule has 8 heteroatoms. The number of nitrogens with zero attached hydrogens (tertiary/aromatic N) is 2. The quantitative estimate of drug-likeness (QED) is 0.517. The van der Waals surface area contributed by atoms with Gasteiger partial charge in [-0.3, -0.25) is 14.6 Å². The second-order valence-corrected chi connectivity index (χ2v) is 4.84. The van der Waals surface area contributed by atoms with Crippen molar-refractivity contribution in [3.8, 4) is 0 Å². The minimum absolute atomic E-state index is 0.0359. The lowest BCUT2D eigenvalue weighted by Crippen LogP contribution is -2.28. The molecule has 0 spiro atoms. The lowest BCUT2D eigenvalue weighted by Gasteiger charge is -2.00. The van der Waals surface area contributed by atoms with Gasteiger partial charge >= 0.3 is 5.69 Å². The summed E-state index contributed by atoms with van der Waals surface area (Å²) in [5.41, 5.74) is 3.30. The van der Waals surface area contributed by atoms with E-state index >= 15 is 0 Å². The maximum absolute atomic E-state index is 11.6. The van der Waals surface area contributed by atoms with Gasteiger partial charge in [-0.2, -0.15) is 10.2 Å². The Morgan fingerprint density at radius 3 is 2.70 bits per heavy atom. The molecule has 23 heavy (non-hydrogen) atoms. The Morgan fingerprint density at radius 1 is 1.30 bits per heavy atom. The average Bonchev–Trinajstić information content (AvgIpc) is 2.54. The lowest BCUT2D eigenvalue weighted by molar-refractivity contribution is -0.121. The van der Waals surface area contributed by atoms with Crippen LogP contribution < -0.4 is 16.7 Å². The molecule has 0 saturated carbocycles. The predicted octanol–water partition coefficient (Wildman–Crippen LogP) is 0.104. The molecule has 1 aromatic heterocycles. The molecule has 3 N–H and O–H groups in total. The molecule has 0 aliphatic rings. The van der Waals surface area contributed by atoms with E-state index in [-0.39, 0.29) is 24.4 Å². The highest BCUT2D eigenvalue weighted by Gasteiger charge is 2.06. The van der Waals surface area contributed by atoms with Crippen molar-refractivity contribution in [2.75, 3.05) is 0 Å². The van der Waals surface area contributed by atoms with Gasteiger partial charge in [0, 0.05) is 12.8 Å². The molecule has 0 atom stereocenters. The Kier molecular flexibility index (Phi) is 5.56. The van der Waals surface area contributed by atoms with Gasteiger partial charge < -0.3 is 0 Å².